The van der Waals surface area contributed by atoms with E-state index >= 15 is 0 Å². The third kappa shape index (κ3) is 3.88. The minimum Gasteiger partial charge on any atom is -0.378 e. The van der Waals surface area contributed by atoms with Gasteiger partial charge in [0.25, 0.3) is 0 Å². The van der Waals surface area contributed by atoms with Crippen molar-refractivity contribution in [2.45, 2.75) is 37.6 Å². The fourth-order valence-corrected chi connectivity index (χ4v) is 4.33. The van der Waals surface area contributed by atoms with E-state index in [2.05, 4.69) is 20.9 Å². The quantitative estimate of drug-likeness (QED) is 0.803. The third-order valence-electron chi connectivity index (χ3n) is 5.86. The van der Waals surface area contributed by atoms with Gasteiger partial charge in [0.05, 0.1) is 12.1 Å². The SMILES string of the molecule is CO[C@H]1CN(C2CCN(Cc3ccc(F)cc3F)CC2)[C@H]1c1cccnc1. The van der Waals surface area contributed by atoms with Crippen LogP contribution in [0.25, 0.3) is 0 Å². The number of methoxy groups -OCH3 is 1. The number of ether oxygens (including phenoxy) is 1. The first-order valence-corrected chi connectivity index (χ1v) is 9.50. The van der Waals surface area contributed by atoms with E-state index in [1.54, 1.807) is 19.4 Å². The highest BCUT2D eigenvalue weighted by Crippen LogP contribution is 2.39. The molecule has 0 saturated carbocycles. The van der Waals surface area contributed by atoms with E-state index < -0.39 is 11.6 Å². The molecule has 1 aromatic carbocycles. The fraction of sp³-hybridized carbons (Fsp3) is 0.476. The second-order valence-corrected chi connectivity index (χ2v) is 7.45. The van der Waals surface area contributed by atoms with Gasteiger partial charge in [-0.05, 0) is 43.6 Å². The number of pyridine rings is 1. The van der Waals surface area contributed by atoms with E-state index in [-0.39, 0.29) is 12.1 Å². The predicted molar refractivity (Wildman–Crippen MR) is 99.1 cm³/mol. The largest absolute Gasteiger partial charge is 0.378 e. The number of piperidine rings is 1. The molecule has 2 fully saturated rings. The lowest BCUT2D eigenvalue weighted by molar-refractivity contribution is -0.117. The molecule has 0 spiro atoms. The number of benzene rings is 1. The highest BCUT2D eigenvalue weighted by Gasteiger charge is 2.44. The second kappa shape index (κ2) is 8.00. The standard InChI is InChI=1S/C21H25F2N3O/c1-27-20-14-26(21(20)15-3-2-8-24-12-15)18-6-9-25(10-7-18)13-16-4-5-17(22)11-19(16)23/h2-5,8,11-12,18,20-21H,6-7,9-10,13-14H2,1H3/t20-,21-/m0/s1. The summed E-state index contributed by atoms with van der Waals surface area (Å²) >= 11 is 0. The molecule has 144 valence electrons. The zero-order chi connectivity index (χ0) is 18.8. The number of hydrogen-bond donors (Lipinski definition) is 0. The molecule has 2 aliphatic rings. The van der Waals surface area contributed by atoms with Crippen LogP contribution < -0.4 is 0 Å². The summed E-state index contributed by atoms with van der Waals surface area (Å²) in [6, 6.07) is 8.68. The molecular weight excluding hydrogens is 348 g/mol. The monoisotopic (exact) mass is 373 g/mol. The summed E-state index contributed by atoms with van der Waals surface area (Å²) in [5.74, 6) is -0.985. The molecule has 2 aromatic rings. The molecule has 1 aromatic heterocycles. The van der Waals surface area contributed by atoms with Crippen LogP contribution in [0.5, 0.6) is 0 Å². The van der Waals surface area contributed by atoms with Crippen molar-refractivity contribution in [3.63, 3.8) is 0 Å². The van der Waals surface area contributed by atoms with Gasteiger partial charge in [0, 0.05) is 50.3 Å². The van der Waals surface area contributed by atoms with Gasteiger partial charge in [-0.2, -0.15) is 0 Å². The van der Waals surface area contributed by atoms with Crippen molar-refractivity contribution in [2.24, 2.45) is 0 Å². The summed E-state index contributed by atoms with van der Waals surface area (Å²) in [5.41, 5.74) is 1.76. The van der Waals surface area contributed by atoms with Crippen LogP contribution >= 0.6 is 0 Å². The van der Waals surface area contributed by atoms with Gasteiger partial charge in [0.15, 0.2) is 0 Å². The van der Waals surface area contributed by atoms with Crippen LogP contribution in [0.2, 0.25) is 0 Å². The zero-order valence-electron chi connectivity index (χ0n) is 15.5. The lowest BCUT2D eigenvalue weighted by Crippen LogP contribution is -2.60. The topological polar surface area (TPSA) is 28.6 Å². The lowest BCUT2D eigenvalue weighted by atomic mass is 9.87. The van der Waals surface area contributed by atoms with Crippen LogP contribution in [0.3, 0.4) is 0 Å². The molecule has 0 N–H and O–H groups in total. The van der Waals surface area contributed by atoms with Crippen LogP contribution in [-0.4, -0.2) is 53.7 Å². The van der Waals surface area contributed by atoms with Crippen LogP contribution in [0.15, 0.2) is 42.7 Å². The van der Waals surface area contributed by atoms with Gasteiger partial charge in [0.1, 0.15) is 11.6 Å². The first kappa shape index (κ1) is 18.5. The molecule has 4 rings (SSSR count). The maximum atomic E-state index is 13.9. The highest BCUT2D eigenvalue weighted by molar-refractivity contribution is 5.21. The number of likely N-dealkylation sites (tertiary alicyclic amines) is 2. The van der Waals surface area contributed by atoms with Crippen molar-refractivity contribution in [1.82, 2.24) is 14.8 Å². The summed E-state index contributed by atoms with van der Waals surface area (Å²) in [4.78, 5) is 9.02. The van der Waals surface area contributed by atoms with Gasteiger partial charge in [-0.25, -0.2) is 8.78 Å². The van der Waals surface area contributed by atoms with Crippen molar-refractivity contribution in [3.05, 3.63) is 65.5 Å². The molecule has 0 radical (unpaired) electrons. The lowest BCUT2D eigenvalue weighted by Gasteiger charge is -2.53. The van der Waals surface area contributed by atoms with Gasteiger partial charge in [-0.1, -0.05) is 12.1 Å². The van der Waals surface area contributed by atoms with E-state index in [0.29, 0.717) is 18.2 Å². The Morgan fingerprint density at radius 3 is 2.67 bits per heavy atom. The van der Waals surface area contributed by atoms with Crippen LogP contribution in [0.1, 0.15) is 30.0 Å². The smallest absolute Gasteiger partial charge is 0.130 e. The Labute approximate surface area is 158 Å². The van der Waals surface area contributed by atoms with E-state index in [0.717, 1.165) is 38.5 Å². The second-order valence-electron chi connectivity index (χ2n) is 7.45. The van der Waals surface area contributed by atoms with Gasteiger partial charge >= 0.3 is 0 Å². The molecule has 0 aliphatic carbocycles. The average Bonchev–Trinajstić information content (AvgIpc) is 2.66. The van der Waals surface area contributed by atoms with E-state index in [9.17, 15) is 8.78 Å². The molecule has 4 nitrogen and oxygen atoms in total. The normalized spacial score (nSPS) is 24.7. The summed E-state index contributed by atoms with van der Waals surface area (Å²) in [6.45, 7) is 3.30. The molecular formula is C21H25F2N3O. The van der Waals surface area contributed by atoms with Crippen molar-refractivity contribution in [1.29, 1.82) is 0 Å². The van der Waals surface area contributed by atoms with Gasteiger partial charge in [-0.3, -0.25) is 14.8 Å². The average molecular weight is 373 g/mol. The summed E-state index contributed by atoms with van der Waals surface area (Å²) < 4.78 is 32.6. The molecule has 27 heavy (non-hydrogen) atoms. The Balaban J connectivity index is 1.36. The minimum absolute atomic E-state index is 0.209. The maximum absolute atomic E-state index is 13.9. The van der Waals surface area contributed by atoms with Crippen molar-refractivity contribution in [2.75, 3.05) is 26.7 Å². The predicted octanol–water partition coefficient (Wildman–Crippen LogP) is 3.40. The molecule has 0 bridgehead atoms. The highest BCUT2D eigenvalue weighted by atomic mass is 19.1. The van der Waals surface area contributed by atoms with Gasteiger partial charge in [0.2, 0.25) is 0 Å². The van der Waals surface area contributed by atoms with Crippen LogP contribution in [-0.2, 0) is 11.3 Å². The number of nitrogens with zero attached hydrogens (tertiary/aromatic N) is 3. The van der Waals surface area contributed by atoms with Gasteiger partial charge < -0.3 is 4.74 Å². The molecule has 6 heteroatoms. The van der Waals surface area contributed by atoms with Crippen molar-refractivity contribution >= 4 is 0 Å². The minimum atomic E-state index is -0.526. The number of halogens is 2. The maximum Gasteiger partial charge on any atom is 0.130 e. The van der Waals surface area contributed by atoms with E-state index in [1.807, 2.05) is 12.3 Å². The third-order valence-corrected chi connectivity index (χ3v) is 5.86. The first-order valence-electron chi connectivity index (χ1n) is 9.50. The number of rotatable bonds is 5. The molecule has 0 amide bonds. The van der Waals surface area contributed by atoms with Crippen LogP contribution in [0.4, 0.5) is 8.78 Å². The van der Waals surface area contributed by atoms with E-state index in [1.165, 1.54) is 11.6 Å². The van der Waals surface area contributed by atoms with E-state index in [4.69, 9.17) is 4.74 Å². The Kier molecular flexibility index (Phi) is 5.48. The summed E-state index contributed by atoms with van der Waals surface area (Å²) in [7, 11) is 1.77. The molecule has 0 unspecified atom stereocenters. The number of aromatic nitrogens is 1. The van der Waals surface area contributed by atoms with Gasteiger partial charge in [-0.15, -0.1) is 0 Å². The molecule has 3 heterocycles. The fourth-order valence-electron chi connectivity index (χ4n) is 4.33. The van der Waals surface area contributed by atoms with Crippen molar-refractivity contribution in [3.8, 4) is 0 Å². The molecule has 2 saturated heterocycles. The Hall–Kier alpha value is -1.89. The molecule has 2 atom stereocenters. The summed E-state index contributed by atoms with van der Waals surface area (Å²) in [5, 5.41) is 0. The Morgan fingerprint density at radius 1 is 1.19 bits per heavy atom. The summed E-state index contributed by atoms with van der Waals surface area (Å²) in [6.07, 6.45) is 6.00. The Morgan fingerprint density at radius 2 is 2.00 bits per heavy atom. The molecule has 2 aliphatic heterocycles. The first-order chi connectivity index (χ1) is 13.2. The number of hydrogen-bond acceptors (Lipinski definition) is 4. The van der Waals surface area contributed by atoms with Crippen LogP contribution in [0, 0.1) is 11.6 Å². The Bertz CT molecular complexity index is 765. The zero-order valence-corrected chi connectivity index (χ0v) is 15.5. The van der Waals surface area contributed by atoms with Crippen molar-refractivity contribution < 1.29 is 13.5 Å².